The van der Waals surface area contributed by atoms with Crippen LogP contribution in [0, 0.1) is 6.92 Å². The van der Waals surface area contributed by atoms with E-state index in [1.807, 2.05) is 31.4 Å². The van der Waals surface area contributed by atoms with E-state index in [0.29, 0.717) is 46.4 Å². The minimum atomic E-state index is -0.847. The van der Waals surface area contributed by atoms with Crippen LogP contribution >= 0.6 is 23.1 Å². The van der Waals surface area contributed by atoms with Gasteiger partial charge in [-0.1, -0.05) is 24.6 Å². The Morgan fingerprint density at radius 1 is 1.22 bits per heavy atom. The molecule has 37 heavy (non-hydrogen) atoms. The summed E-state index contributed by atoms with van der Waals surface area (Å²) in [6, 6.07) is 9.47. The van der Waals surface area contributed by atoms with Crippen molar-refractivity contribution in [2.75, 3.05) is 18.1 Å². The van der Waals surface area contributed by atoms with Gasteiger partial charge in [0.05, 0.1) is 23.1 Å². The molecule has 2 atom stereocenters. The number of hydrogen-bond acceptors (Lipinski definition) is 8. The van der Waals surface area contributed by atoms with Gasteiger partial charge in [0.25, 0.3) is 0 Å². The van der Waals surface area contributed by atoms with Crippen LogP contribution in [0.2, 0.25) is 0 Å². The fraction of sp³-hybridized carbons (Fsp3) is 0.345. The number of Topliss-reactive ketones (excluding diaryl/α,β-unsaturated/α-hetero) is 1. The molecule has 0 radical (unpaired) electrons. The Morgan fingerprint density at radius 2 is 2.05 bits per heavy atom. The molecule has 1 N–H and O–H groups in total. The summed E-state index contributed by atoms with van der Waals surface area (Å²) in [5.74, 6) is 0.231. The van der Waals surface area contributed by atoms with Crippen LogP contribution in [-0.4, -0.2) is 29.9 Å². The monoisotopic (exact) mass is 535 g/mol. The van der Waals surface area contributed by atoms with Crippen molar-refractivity contribution in [2.24, 2.45) is 0 Å². The highest BCUT2D eigenvalue weighted by Gasteiger charge is 2.43. The maximum absolute atomic E-state index is 13.8. The number of benzene rings is 1. The average Bonchev–Trinajstić information content (AvgIpc) is 3.41. The first-order chi connectivity index (χ1) is 17.9. The number of hydrogen-bond donors (Lipinski definition) is 1. The number of aryl methyl sites for hydroxylation is 1. The lowest BCUT2D eigenvalue weighted by Crippen LogP contribution is -2.37. The van der Waals surface area contributed by atoms with Crippen molar-refractivity contribution in [3.05, 3.63) is 90.7 Å². The Balaban J connectivity index is 1.62. The summed E-state index contributed by atoms with van der Waals surface area (Å²) >= 11 is 3.32. The zero-order valence-corrected chi connectivity index (χ0v) is 22.7. The molecule has 0 spiro atoms. The van der Waals surface area contributed by atoms with Gasteiger partial charge in [0.15, 0.2) is 11.2 Å². The maximum Gasteiger partial charge on any atom is 0.336 e. The molecule has 192 valence electrons. The number of carbonyl (C=O) groups excluding carboxylic acids is 2. The number of carbonyl (C=O) groups is 2. The average molecular weight is 536 g/mol. The highest BCUT2D eigenvalue weighted by molar-refractivity contribution is 7.99. The molecule has 0 bridgehead atoms. The van der Waals surface area contributed by atoms with Crippen LogP contribution in [0.25, 0.3) is 11.0 Å². The second-order valence-corrected chi connectivity index (χ2v) is 11.8. The Kier molecular flexibility index (Phi) is 7.40. The van der Waals surface area contributed by atoms with E-state index in [9.17, 15) is 14.4 Å². The molecule has 3 heterocycles. The maximum atomic E-state index is 13.8. The molecule has 8 heteroatoms. The van der Waals surface area contributed by atoms with Gasteiger partial charge in [-0.25, -0.2) is 4.79 Å². The van der Waals surface area contributed by atoms with Crippen molar-refractivity contribution in [1.82, 2.24) is 5.32 Å². The highest BCUT2D eigenvalue weighted by atomic mass is 32.2. The van der Waals surface area contributed by atoms with Crippen molar-refractivity contribution in [2.45, 2.75) is 45.4 Å². The van der Waals surface area contributed by atoms with Crippen molar-refractivity contribution in [3.8, 4) is 0 Å². The summed E-state index contributed by atoms with van der Waals surface area (Å²) in [5, 5.41) is 5.79. The number of thioether (sulfide) groups is 1. The van der Waals surface area contributed by atoms with E-state index >= 15 is 0 Å². The number of thiophene rings is 1. The van der Waals surface area contributed by atoms with Gasteiger partial charge < -0.3 is 14.5 Å². The fourth-order valence-corrected chi connectivity index (χ4v) is 6.54. The quantitative estimate of drug-likeness (QED) is 0.301. The number of allylic oxidation sites excluding steroid dienone is 3. The van der Waals surface area contributed by atoms with Gasteiger partial charge in [-0.15, -0.1) is 11.3 Å². The standard InChI is InChI=1S/C29H29NO5S2/c1-4-36-11-9-34-29(33)25-17(3)30-21-13-18(24-6-5-10-37-24)14-22(31)27(21)26(25)20-15-35-23-8-7-16(2)12-19(23)28(20)32/h5-8,10,12,15,18,26,30H,4,9,11,13-14H2,1-3H3. The van der Waals surface area contributed by atoms with Crippen molar-refractivity contribution >= 4 is 45.8 Å². The SMILES string of the molecule is CCSCCOC(=O)C1=C(C)NC2=C(C(=O)CC(c3cccs3)C2)C1c1coc2ccc(C)cc2c1=O. The van der Waals surface area contributed by atoms with Gasteiger partial charge in [-0.3, -0.25) is 9.59 Å². The lowest BCUT2D eigenvalue weighted by molar-refractivity contribution is -0.138. The lowest BCUT2D eigenvalue weighted by Gasteiger charge is -2.36. The topological polar surface area (TPSA) is 85.6 Å². The number of ether oxygens (including phenoxy) is 1. The molecule has 1 aromatic carbocycles. The normalized spacial score (nSPS) is 19.7. The molecule has 2 aromatic heterocycles. The van der Waals surface area contributed by atoms with E-state index in [4.69, 9.17) is 9.15 Å². The Bertz CT molecular complexity index is 1480. The van der Waals surface area contributed by atoms with E-state index in [-0.39, 0.29) is 29.3 Å². The molecule has 0 fully saturated rings. The smallest absolute Gasteiger partial charge is 0.336 e. The van der Waals surface area contributed by atoms with Gasteiger partial charge in [0.2, 0.25) is 0 Å². The van der Waals surface area contributed by atoms with Crippen molar-refractivity contribution in [1.29, 1.82) is 0 Å². The lowest BCUT2D eigenvalue weighted by atomic mass is 9.73. The summed E-state index contributed by atoms with van der Waals surface area (Å²) in [6.45, 7) is 6.02. The third-order valence-electron chi connectivity index (χ3n) is 6.92. The van der Waals surface area contributed by atoms with Crippen LogP contribution in [0.5, 0.6) is 0 Å². The molecule has 1 aliphatic carbocycles. The second kappa shape index (κ2) is 10.7. The first-order valence-corrected chi connectivity index (χ1v) is 14.5. The van der Waals surface area contributed by atoms with Gasteiger partial charge in [-0.05, 0) is 49.6 Å². The first kappa shape index (κ1) is 25.5. The summed E-state index contributed by atoms with van der Waals surface area (Å²) in [5.41, 5.74) is 3.56. The Hall–Kier alpha value is -3.10. The van der Waals surface area contributed by atoms with Crippen molar-refractivity contribution in [3.63, 3.8) is 0 Å². The summed E-state index contributed by atoms with van der Waals surface area (Å²) in [6.07, 6.45) is 2.36. The minimum absolute atomic E-state index is 0.0578. The molecule has 0 amide bonds. The first-order valence-electron chi connectivity index (χ1n) is 12.4. The van der Waals surface area contributed by atoms with Crippen LogP contribution in [0.3, 0.4) is 0 Å². The molecule has 2 unspecified atom stereocenters. The van der Waals surface area contributed by atoms with Crippen molar-refractivity contribution < 1.29 is 18.7 Å². The molecule has 0 saturated carbocycles. The van der Waals surface area contributed by atoms with Gasteiger partial charge in [0.1, 0.15) is 12.2 Å². The minimum Gasteiger partial charge on any atom is -0.464 e. The zero-order chi connectivity index (χ0) is 26.1. The highest BCUT2D eigenvalue weighted by Crippen LogP contribution is 2.46. The molecular weight excluding hydrogens is 506 g/mol. The third-order valence-corrected chi connectivity index (χ3v) is 8.82. The number of fused-ring (bicyclic) bond motifs is 1. The molecular formula is C29H29NO5S2. The summed E-state index contributed by atoms with van der Waals surface area (Å²) < 4.78 is 11.5. The van der Waals surface area contributed by atoms with E-state index in [0.717, 1.165) is 21.9 Å². The molecule has 0 saturated heterocycles. The number of esters is 1. The zero-order valence-electron chi connectivity index (χ0n) is 21.1. The van der Waals surface area contributed by atoms with Crippen LogP contribution in [0.4, 0.5) is 0 Å². The predicted molar refractivity (Wildman–Crippen MR) is 148 cm³/mol. The number of dihydropyridines is 1. The third kappa shape index (κ3) is 4.92. The molecule has 1 aliphatic heterocycles. The van der Waals surface area contributed by atoms with Gasteiger partial charge in [-0.2, -0.15) is 11.8 Å². The Morgan fingerprint density at radius 3 is 2.81 bits per heavy atom. The van der Waals surface area contributed by atoms with Crippen LogP contribution in [0.15, 0.2) is 73.7 Å². The largest absolute Gasteiger partial charge is 0.464 e. The molecule has 6 nitrogen and oxygen atoms in total. The molecule has 2 aliphatic rings. The van der Waals surface area contributed by atoms with E-state index in [2.05, 4.69) is 11.4 Å². The van der Waals surface area contributed by atoms with E-state index in [1.54, 1.807) is 42.2 Å². The molecule has 5 rings (SSSR count). The number of nitrogens with one attached hydrogen (secondary N) is 1. The van der Waals surface area contributed by atoms with E-state index < -0.39 is 11.9 Å². The summed E-state index contributed by atoms with van der Waals surface area (Å²) in [7, 11) is 0. The number of ketones is 1. The number of rotatable bonds is 7. The molecule has 3 aromatic rings. The van der Waals surface area contributed by atoms with Gasteiger partial charge >= 0.3 is 5.97 Å². The van der Waals surface area contributed by atoms with Crippen LogP contribution in [0.1, 0.15) is 54.5 Å². The van der Waals surface area contributed by atoms with Crippen LogP contribution < -0.4 is 10.7 Å². The van der Waals surface area contributed by atoms with E-state index in [1.165, 1.54) is 6.26 Å². The summed E-state index contributed by atoms with van der Waals surface area (Å²) in [4.78, 5) is 42.1. The van der Waals surface area contributed by atoms with Gasteiger partial charge in [0, 0.05) is 45.5 Å². The fourth-order valence-electron chi connectivity index (χ4n) is 5.22. The predicted octanol–water partition coefficient (Wildman–Crippen LogP) is 5.82. The van der Waals surface area contributed by atoms with Crippen LogP contribution in [-0.2, 0) is 14.3 Å². The Labute approximate surface area is 223 Å². The second-order valence-electron chi connectivity index (χ2n) is 9.39.